The lowest BCUT2D eigenvalue weighted by Crippen LogP contribution is -2.54. The quantitative estimate of drug-likeness (QED) is 0.707. The highest BCUT2D eigenvalue weighted by atomic mass is 32.2. The van der Waals surface area contributed by atoms with Crippen LogP contribution in [0.15, 0.2) is 11.5 Å². The molecule has 2 aliphatic heterocycles. The van der Waals surface area contributed by atoms with Crippen molar-refractivity contribution in [2.24, 2.45) is 11.7 Å². The van der Waals surface area contributed by atoms with Gasteiger partial charge in [-0.3, -0.25) is 4.79 Å². The van der Waals surface area contributed by atoms with Crippen molar-refractivity contribution in [2.75, 3.05) is 32.1 Å². The van der Waals surface area contributed by atoms with Crippen molar-refractivity contribution in [1.82, 2.24) is 4.90 Å². The van der Waals surface area contributed by atoms with Gasteiger partial charge in [-0.15, -0.1) is 11.8 Å². The van der Waals surface area contributed by atoms with Gasteiger partial charge in [0.25, 0.3) is 0 Å². The van der Waals surface area contributed by atoms with Crippen molar-refractivity contribution in [2.45, 2.75) is 12.1 Å². The van der Waals surface area contributed by atoms with Gasteiger partial charge in [0.2, 0.25) is 5.91 Å². The van der Waals surface area contributed by atoms with Crippen molar-refractivity contribution in [3.63, 3.8) is 0 Å². The Morgan fingerprint density at radius 1 is 1.53 bits per heavy atom. The molecule has 0 radical (unpaired) electrons. The van der Waals surface area contributed by atoms with E-state index in [-0.39, 0.29) is 11.8 Å². The lowest BCUT2D eigenvalue weighted by molar-refractivity contribution is -0.139. The molecule has 2 rings (SSSR count). The predicted octanol–water partition coefficient (Wildman–Crippen LogP) is -0.590. The molecule has 17 heavy (non-hydrogen) atoms. The number of morpholine rings is 1. The van der Waals surface area contributed by atoms with E-state index in [9.17, 15) is 9.90 Å². The lowest BCUT2D eigenvalue weighted by Gasteiger charge is -2.31. The molecule has 0 saturated carbocycles. The number of rotatable bonds is 3. The number of aliphatic hydroxyl groups excluding tert-OH is 1. The number of nitrogens with two attached hydrogens (primary N) is 1. The maximum atomic E-state index is 12.1. The Kier molecular flexibility index (Phi) is 4.44. The van der Waals surface area contributed by atoms with E-state index in [1.165, 1.54) is 0 Å². The third-order valence-electron chi connectivity index (χ3n) is 3.13. The van der Waals surface area contributed by atoms with Gasteiger partial charge in [0.05, 0.1) is 19.3 Å². The number of ether oxygens (including phenoxy) is 1. The Balaban J connectivity index is 1.90. The monoisotopic (exact) mass is 258 g/mol. The van der Waals surface area contributed by atoms with Crippen molar-refractivity contribution < 1.29 is 14.6 Å². The van der Waals surface area contributed by atoms with E-state index in [1.807, 2.05) is 11.5 Å². The highest BCUT2D eigenvalue weighted by molar-refractivity contribution is 8.02. The predicted molar refractivity (Wildman–Crippen MR) is 66.5 cm³/mol. The van der Waals surface area contributed by atoms with Crippen molar-refractivity contribution in [3.05, 3.63) is 11.5 Å². The summed E-state index contributed by atoms with van der Waals surface area (Å²) in [6.07, 6.45) is 1.12. The smallest absolute Gasteiger partial charge is 0.242 e. The molecule has 0 bridgehead atoms. The zero-order chi connectivity index (χ0) is 12.3. The summed E-state index contributed by atoms with van der Waals surface area (Å²) in [5.41, 5.74) is 5.85. The fourth-order valence-corrected chi connectivity index (χ4v) is 2.95. The van der Waals surface area contributed by atoms with Gasteiger partial charge in [-0.1, -0.05) is 6.08 Å². The maximum absolute atomic E-state index is 12.1. The molecule has 0 aromatic heterocycles. The van der Waals surface area contributed by atoms with Crippen LogP contribution < -0.4 is 5.73 Å². The Hall–Kier alpha value is -0.560. The molecule has 5 nitrogen and oxygen atoms in total. The first-order valence-corrected chi connectivity index (χ1v) is 6.83. The maximum Gasteiger partial charge on any atom is 0.242 e. The summed E-state index contributed by atoms with van der Waals surface area (Å²) in [4.78, 5) is 13.7. The Labute approximate surface area is 105 Å². The van der Waals surface area contributed by atoms with E-state index in [0.717, 1.165) is 5.75 Å². The van der Waals surface area contributed by atoms with Gasteiger partial charge in [-0.05, 0) is 5.41 Å². The number of thioether (sulfide) groups is 1. The third kappa shape index (κ3) is 3.01. The van der Waals surface area contributed by atoms with Gasteiger partial charge < -0.3 is 20.5 Å². The zero-order valence-corrected chi connectivity index (χ0v) is 10.4. The molecular formula is C11H18N2O3S. The summed E-state index contributed by atoms with van der Waals surface area (Å²) in [6.45, 7) is 2.23. The van der Waals surface area contributed by atoms with Crippen LogP contribution in [-0.2, 0) is 9.53 Å². The summed E-state index contributed by atoms with van der Waals surface area (Å²) in [5, 5.41) is 12.0. The Morgan fingerprint density at radius 3 is 2.82 bits per heavy atom. The van der Waals surface area contributed by atoms with Crippen LogP contribution in [0.2, 0.25) is 0 Å². The topological polar surface area (TPSA) is 75.8 Å². The molecule has 3 atom stereocenters. The zero-order valence-electron chi connectivity index (χ0n) is 9.62. The first kappa shape index (κ1) is 12.9. The summed E-state index contributed by atoms with van der Waals surface area (Å²) in [5.74, 6) is 0.608. The highest BCUT2D eigenvalue weighted by Gasteiger charge is 2.33. The molecule has 1 fully saturated rings. The van der Waals surface area contributed by atoms with E-state index < -0.39 is 12.1 Å². The second kappa shape index (κ2) is 5.86. The van der Waals surface area contributed by atoms with Gasteiger partial charge >= 0.3 is 0 Å². The Morgan fingerprint density at radius 2 is 2.24 bits per heavy atom. The minimum atomic E-state index is -0.832. The van der Waals surface area contributed by atoms with Gasteiger partial charge in [0.15, 0.2) is 0 Å². The van der Waals surface area contributed by atoms with E-state index in [1.54, 1.807) is 16.7 Å². The van der Waals surface area contributed by atoms with E-state index in [4.69, 9.17) is 10.5 Å². The highest BCUT2D eigenvalue weighted by Crippen LogP contribution is 2.24. The molecule has 96 valence electrons. The fraction of sp³-hybridized carbons (Fsp3) is 0.727. The average Bonchev–Trinajstić information content (AvgIpc) is 2.91. The normalized spacial score (nSPS) is 28.1. The van der Waals surface area contributed by atoms with Crippen molar-refractivity contribution >= 4 is 17.7 Å². The van der Waals surface area contributed by atoms with Crippen LogP contribution in [0.3, 0.4) is 0 Å². The standard InChI is InChI=1S/C11H18N2O3S/c12-9(10(14)8-1-6-17-7-8)11(15)13-2-4-16-5-3-13/h1,6,8-10,14H,2-5,7,12H2/t8?,9-,10+/m1/s1. The van der Waals surface area contributed by atoms with Crippen LogP contribution in [0.5, 0.6) is 0 Å². The van der Waals surface area contributed by atoms with Crippen LogP contribution in [0, 0.1) is 5.92 Å². The number of hydrogen-bond acceptors (Lipinski definition) is 5. The van der Waals surface area contributed by atoms with Gasteiger partial charge in [-0.2, -0.15) is 0 Å². The minimum absolute atomic E-state index is 0.0139. The summed E-state index contributed by atoms with van der Waals surface area (Å²) in [7, 11) is 0. The molecule has 2 heterocycles. The number of nitrogens with zero attached hydrogens (tertiary/aromatic N) is 1. The second-order valence-electron chi connectivity index (χ2n) is 4.28. The minimum Gasteiger partial charge on any atom is -0.390 e. The molecule has 2 aliphatic rings. The van der Waals surface area contributed by atoms with Crippen LogP contribution in [-0.4, -0.2) is 60.1 Å². The number of carbonyl (C=O) groups excluding carboxylic acids is 1. The second-order valence-corrected chi connectivity index (χ2v) is 5.22. The first-order valence-electron chi connectivity index (χ1n) is 5.78. The molecule has 0 aliphatic carbocycles. The van der Waals surface area contributed by atoms with E-state index in [0.29, 0.717) is 26.3 Å². The van der Waals surface area contributed by atoms with Gasteiger partial charge in [-0.25, -0.2) is 0 Å². The SMILES string of the molecule is N[C@@H](C(=O)N1CCOCC1)[C@@H](O)C1C=CSC1. The average molecular weight is 258 g/mol. The third-order valence-corrected chi connectivity index (χ3v) is 4.05. The molecule has 6 heteroatoms. The van der Waals surface area contributed by atoms with Crippen molar-refractivity contribution in [3.8, 4) is 0 Å². The Bertz CT molecular complexity index is 305. The number of amides is 1. The van der Waals surface area contributed by atoms with Crippen LogP contribution >= 0.6 is 11.8 Å². The van der Waals surface area contributed by atoms with E-state index >= 15 is 0 Å². The van der Waals surface area contributed by atoms with E-state index in [2.05, 4.69) is 0 Å². The molecule has 0 aromatic carbocycles. The number of hydrogen-bond donors (Lipinski definition) is 2. The molecule has 3 N–H and O–H groups in total. The molecule has 1 saturated heterocycles. The van der Waals surface area contributed by atoms with Crippen LogP contribution in [0.4, 0.5) is 0 Å². The summed E-state index contributed by atoms with van der Waals surface area (Å²) in [6, 6.07) is -0.832. The first-order chi connectivity index (χ1) is 8.20. The van der Waals surface area contributed by atoms with Gasteiger partial charge in [0, 0.05) is 24.8 Å². The molecule has 0 aromatic rings. The molecule has 0 spiro atoms. The fourth-order valence-electron chi connectivity index (χ4n) is 2.00. The molecule has 1 amide bonds. The summed E-state index contributed by atoms with van der Waals surface area (Å²) < 4.78 is 5.18. The lowest BCUT2D eigenvalue weighted by atomic mass is 9.97. The molecule has 1 unspecified atom stereocenters. The number of carbonyl (C=O) groups is 1. The van der Waals surface area contributed by atoms with Gasteiger partial charge in [0.1, 0.15) is 6.04 Å². The van der Waals surface area contributed by atoms with Crippen molar-refractivity contribution in [1.29, 1.82) is 0 Å². The van der Waals surface area contributed by atoms with Crippen LogP contribution in [0.1, 0.15) is 0 Å². The van der Waals surface area contributed by atoms with Crippen LogP contribution in [0.25, 0.3) is 0 Å². The largest absolute Gasteiger partial charge is 0.390 e. The molecular weight excluding hydrogens is 240 g/mol. The number of aliphatic hydroxyl groups is 1. The summed E-state index contributed by atoms with van der Waals surface area (Å²) >= 11 is 1.63.